The highest BCUT2D eigenvalue weighted by Crippen LogP contribution is 2.19. The van der Waals surface area contributed by atoms with Gasteiger partial charge in [0.25, 0.3) is 5.91 Å². The number of amides is 2. The van der Waals surface area contributed by atoms with Crippen LogP contribution in [0.4, 0.5) is 10.1 Å². The van der Waals surface area contributed by atoms with Gasteiger partial charge < -0.3 is 15.0 Å². The summed E-state index contributed by atoms with van der Waals surface area (Å²) in [6.07, 6.45) is -0.0864. The van der Waals surface area contributed by atoms with Gasteiger partial charge in [-0.1, -0.05) is 23.7 Å². The van der Waals surface area contributed by atoms with Crippen LogP contribution >= 0.6 is 11.6 Å². The number of ether oxygens (including phenoxy) is 1. The van der Waals surface area contributed by atoms with Gasteiger partial charge in [-0.15, -0.1) is 0 Å². The van der Waals surface area contributed by atoms with Crippen LogP contribution in [0.25, 0.3) is 0 Å². The van der Waals surface area contributed by atoms with Gasteiger partial charge in [-0.2, -0.15) is 0 Å². The van der Waals surface area contributed by atoms with Gasteiger partial charge in [0.1, 0.15) is 12.4 Å². The van der Waals surface area contributed by atoms with Gasteiger partial charge in [-0.05, 0) is 42.0 Å². The van der Waals surface area contributed by atoms with Crippen LogP contribution in [0.2, 0.25) is 5.02 Å². The van der Waals surface area contributed by atoms with E-state index in [0.717, 1.165) is 5.56 Å². The molecule has 2 amide bonds. The van der Waals surface area contributed by atoms with Crippen LogP contribution in [0, 0.1) is 5.82 Å². The standard InChI is InChI=1S/C19H18ClFN2O3/c20-14-3-1-13(2-4-14)9-18(24)22-10-17-11-23(19(25)12-26-17)16-7-5-15(21)6-8-16/h1-8,17H,9-12H2,(H,22,24). The van der Waals surface area contributed by atoms with Gasteiger partial charge in [0, 0.05) is 17.3 Å². The monoisotopic (exact) mass is 376 g/mol. The average molecular weight is 377 g/mol. The first-order valence-electron chi connectivity index (χ1n) is 8.20. The fraction of sp³-hybridized carbons (Fsp3) is 0.263. The molecule has 1 heterocycles. The van der Waals surface area contributed by atoms with E-state index in [1.807, 2.05) is 0 Å². The number of halogens is 2. The molecule has 1 fully saturated rings. The molecule has 1 unspecified atom stereocenters. The van der Waals surface area contributed by atoms with Crippen molar-refractivity contribution in [3.8, 4) is 0 Å². The smallest absolute Gasteiger partial charge is 0.253 e. The Kier molecular flexibility index (Phi) is 5.85. The first kappa shape index (κ1) is 18.4. The molecule has 1 aliphatic heterocycles. The molecule has 5 nitrogen and oxygen atoms in total. The molecule has 0 radical (unpaired) electrons. The highest BCUT2D eigenvalue weighted by atomic mass is 35.5. The van der Waals surface area contributed by atoms with Crippen LogP contribution in [0.3, 0.4) is 0 Å². The minimum atomic E-state index is -0.361. The Morgan fingerprint density at radius 3 is 2.58 bits per heavy atom. The molecule has 0 saturated carbocycles. The molecule has 2 aromatic rings. The molecule has 3 rings (SSSR count). The highest BCUT2D eigenvalue weighted by Gasteiger charge is 2.27. The number of benzene rings is 2. The molecule has 7 heteroatoms. The van der Waals surface area contributed by atoms with E-state index in [4.69, 9.17) is 16.3 Å². The van der Waals surface area contributed by atoms with E-state index in [1.54, 1.807) is 41.3 Å². The van der Waals surface area contributed by atoms with Gasteiger partial charge in [0.05, 0.1) is 19.1 Å². The third-order valence-electron chi connectivity index (χ3n) is 4.07. The molecule has 136 valence electrons. The van der Waals surface area contributed by atoms with Gasteiger partial charge >= 0.3 is 0 Å². The van der Waals surface area contributed by atoms with Gasteiger partial charge in [0.2, 0.25) is 5.91 Å². The molecule has 0 aromatic heterocycles. The summed E-state index contributed by atoms with van der Waals surface area (Å²) < 4.78 is 18.5. The molecular formula is C19H18ClFN2O3. The molecule has 1 atom stereocenters. The SMILES string of the molecule is O=C(Cc1ccc(Cl)cc1)NCC1CN(c2ccc(F)cc2)C(=O)CO1. The lowest BCUT2D eigenvalue weighted by molar-refractivity contribution is -0.129. The summed E-state index contributed by atoms with van der Waals surface area (Å²) in [5.74, 6) is -0.693. The Balaban J connectivity index is 1.53. The summed E-state index contributed by atoms with van der Waals surface area (Å²) in [6, 6.07) is 12.8. The second-order valence-corrected chi connectivity index (χ2v) is 6.46. The lowest BCUT2D eigenvalue weighted by Gasteiger charge is -2.32. The summed E-state index contributed by atoms with van der Waals surface area (Å²) in [5, 5.41) is 3.44. The summed E-state index contributed by atoms with van der Waals surface area (Å²) in [5.41, 5.74) is 1.47. The predicted molar refractivity (Wildman–Crippen MR) is 96.7 cm³/mol. The number of nitrogens with zero attached hydrogens (tertiary/aromatic N) is 1. The fourth-order valence-electron chi connectivity index (χ4n) is 2.70. The molecule has 1 aliphatic rings. The third-order valence-corrected chi connectivity index (χ3v) is 4.32. The Bertz CT molecular complexity index is 780. The van der Waals surface area contributed by atoms with E-state index >= 15 is 0 Å². The lowest BCUT2D eigenvalue weighted by Crippen LogP contribution is -2.50. The molecule has 1 N–H and O–H groups in total. The molecule has 1 saturated heterocycles. The zero-order valence-electron chi connectivity index (χ0n) is 14.0. The summed E-state index contributed by atoms with van der Waals surface area (Å²) >= 11 is 5.83. The summed E-state index contributed by atoms with van der Waals surface area (Å²) in [6.45, 7) is 0.512. The average Bonchev–Trinajstić information content (AvgIpc) is 2.64. The first-order valence-corrected chi connectivity index (χ1v) is 8.58. The number of rotatable bonds is 5. The van der Waals surface area contributed by atoms with Crippen molar-refractivity contribution in [2.45, 2.75) is 12.5 Å². The molecule has 0 aliphatic carbocycles. The number of morpholine rings is 1. The van der Waals surface area contributed by atoms with E-state index in [1.165, 1.54) is 12.1 Å². The van der Waals surface area contributed by atoms with Crippen molar-refractivity contribution in [3.63, 3.8) is 0 Å². The van der Waals surface area contributed by atoms with E-state index in [-0.39, 0.29) is 43.3 Å². The Morgan fingerprint density at radius 2 is 1.88 bits per heavy atom. The summed E-state index contributed by atoms with van der Waals surface area (Å²) in [4.78, 5) is 25.7. The second-order valence-electron chi connectivity index (χ2n) is 6.02. The molecule has 26 heavy (non-hydrogen) atoms. The van der Waals surface area contributed by atoms with Crippen LogP contribution in [0.15, 0.2) is 48.5 Å². The van der Waals surface area contributed by atoms with E-state index < -0.39 is 0 Å². The van der Waals surface area contributed by atoms with Crippen molar-refractivity contribution in [1.82, 2.24) is 5.32 Å². The maximum absolute atomic E-state index is 13.1. The van der Waals surface area contributed by atoms with Crippen molar-refractivity contribution >= 4 is 29.1 Å². The Labute approximate surface area is 155 Å². The minimum Gasteiger partial charge on any atom is -0.365 e. The topological polar surface area (TPSA) is 58.6 Å². The van der Waals surface area contributed by atoms with Crippen LogP contribution in [0.1, 0.15) is 5.56 Å². The Hall–Kier alpha value is -2.44. The lowest BCUT2D eigenvalue weighted by atomic mass is 10.1. The number of anilines is 1. The fourth-order valence-corrected chi connectivity index (χ4v) is 2.82. The number of hydrogen-bond donors (Lipinski definition) is 1. The number of hydrogen-bond acceptors (Lipinski definition) is 3. The number of carbonyl (C=O) groups excluding carboxylic acids is 2. The minimum absolute atomic E-state index is 0.0743. The highest BCUT2D eigenvalue weighted by molar-refractivity contribution is 6.30. The van der Waals surface area contributed by atoms with Crippen LogP contribution in [0.5, 0.6) is 0 Å². The van der Waals surface area contributed by atoms with Crippen molar-refractivity contribution < 1.29 is 18.7 Å². The van der Waals surface area contributed by atoms with Crippen molar-refractivity contribution in [2.75, 3.05) is 24.6 Å². The first-order chi connectivity index (χ1) is 12.5. The van der Waals surface area contributed by atoms with E-state index in [2.05, 4.69) is 5.32 Å². The Morgan fingerprint density at radius 1 is 1.19 bits per heavy atom. The molecule has 0 spiro atoms. The van der Waals surface area contributed by atoms with Gasteiger partial charge in [-0.25, -0.2) is 4.39 Å². The second kappa shape index (κ2) is 8.29. The number of nitrogens with one attached hydrogen (secondary N) is 1. The normalized spacial score (nSPS) is 17.2. The molecule has 0 bridgehead atoms. The van der Waals surface area contributed by atoms with Crippen molar-refractivity contribution in [1.29, 1.82) is 0 Å². The molecular weight excluding hydrogens is 359 g/mol. The van der Waals surface area contributed by atoms with Crippen molar-refractivity contribution in [3.05, 3.63) is 64.9 Å². The largest absolute Gasteiger partial charge is 0.365 e. The van der Waals surface area contributed by atoms with Gasteiger partial charge in [0.15, 0.2) is 0 Å². The molecule has 2 aromatic carbocycles. The predicted octanol–water partition coefficient (Wildman–Crippen LogP) is 2.57. The third kappa shape index (κ3) is 4.80. The van der Waals surface area contributed by atoms with Crippen LogP contribution in [-0.4, -0.2) is 37.6 Å². The van der Waals surface area contributed by atoms with Crippen LogP contribution < -0.4 is 10.2 Å². The maximum atomic E-state index is 13.1. The van der Waals surface area contributed by atoms with Crippen LogP contribution in [-0.2, 0) is 20.7 Å². The summed E-state index contributed by atoms with van der Waals surface area (Å²) in [7, 11) is 0. The van der Waals surface area contributed by atoms with Gasteiger partial charge in [-0.3, -0.25) is 9.59 Å². The van der Waals surface area contributed by atoms with E-state index in [9.17, 15) is 14.0 Å². The maximum Gasteiger partial charge on any atom is 0.253 e. The zero-order chi connectivity index (χ0) is 18.5. The quantitative estimate of drug-likeness (QED) is 0.872. The van der Waals surface area contributed by atoms with E-state index in [0.29, 0.717) is 17.3 Å². The zero-order valence-corrected chi connectivity index (χ0v) is 14.7. The number of carbonyl (C=O) groups is 2. The van der Waals surface area contributed by atoms with Crippen molar-refractivity contribution in [2.24, 2.45) is 0 Å².